The Kier molecular flexibility index (Phi) is 10.9. The van der Waals surface area contributed by atoms with E-state index in [1.165, 1.54) is 17.0 Å². The number of amides is 3. The molecule has 0 heterocycles. The number of phenolic OH excluding ortho intramolecular Hbond substituents is 1. The highest BCUT2D eigenvalue weighted by Gasteiger charge is 2.38. The van der Waals surface area contributed by atoms with Crippen LogP contribution in [0, 0.1) is 6.92 Å². The van der Waals surface area contributed by atoms with Crippen molar-refractivity contribution in [3.05, 3.63) is 59.7 Å². The van der Waals surface area contributed by atoms with Gasteiger partial charge in [-0.3, -0.25) is 9.59 Å². The number of anilines is 1. The molecule has 0 radical (unpaired) electrons. The maximum absolute atomic E-state index is 14.0. The third-order valence-corrected chi connectivity index (χ3v) is 6.17. The number of benzene rings is 2. The number of rotatable bonds is 10. The molecule has 37 heavy (non-hydrogen) atoms. The van der Waals surface area contributed by atoms with Crippen LogP contribution in [0.5, 0.6) is 5.75 Å². The van der Waals surface area contributed by atoms with Crippen LogP contribution in [0.1, 0.15) is 58.2 Å². The standard InChI is InChI=1S/C28H39N3O5S/c1-18(2)31(26(34)23(15-16-37-7)30-27(35)36-28(4,5)6)24(20-12-10-13-21(32)17-20)25(33)29-22-14-9-8-11-19(22)3/h8-14,17-18,23-24,32H,15-16H2,1-7H3,(H,29,33)(H,30,35). The lowest BCUT2D eigenvalue weighted by atomic mass is 10.00. The molecule has 3 N–H and O–H groups in total. The van der Waals surface area contributed by atoms with Crippen molar-refractivity contribution >= 4 is 35.4 Å². The van der Waals surface area contributed by atoms with Crippen LogP contribution >= 0.6 is 11.8 Å². The first-order chi connectivity index (χ1) is 17.3. The number of para-hydroxylation sites is 1. The molecule has 0 saturated heterocycles. The lowest BCUT2D eigenvalue weighted by Gasteiger charge is -2.37. The van der Waals surface area contributed by atoms with E-state index in [1.807, 2.05) is 45.2 Å². The molecule has 2 aromatic carbocycles. The zero-order valence-corrected chi connectivity index (χ0v) is 23.5. The Labute approximate surface area is 224 Å². The Morgan fingerprint density at radius 2 is 1.76 bits per heavy atom. The van der Waals surface area contributed by atoms with Crippen LogP contribution in [-0.4, -0.2) is 57.6 Å². The van der Waals surface area contributed by atoms with Crippen molar-refractivity contribution in [2.45, 2.75) is 71.7 Å². The molecule has 3 amide bonds. The zero-order valence-electron chi connectivity index (χ0n) is 22.7. The number of aryl methyl sites for hydroxylation is 1. The quantitative estimate of drug-likeness (QED) is 0.387. The summed E-state index contributed by atoms with van der Waals surface area (Å²) in [7, 11) is 0. The van der Waals surface area contributed by atoms with Gasteiger partial charge in [-0.1, -0.05) is 30.3 Å². The second-order valence-corrected chi connectivity index (χ2v) is 11.1. The Morgan fingerprint density at radius 1 is 1.08 bits per heavy atom. The number of nitrogens with one attached hydrogen (secondary N) is 2. The van der Waals surface area contributed by atoms with Gasteiger partial charge in [-0.05, 0) is 89.3 Å². The lowest BCUT2D eigenvalue weighted by molar-refractivity contribution is -0.143. The molecule has 2 unspecified atom stereocenters. The van der Waals surface area contributed by atoms with Crippen LogP contribution in [-0.2, 0) is 14.3 Å². The van der Waals surface area contributed by atoms with Crippen LogP contribution in [0.2, 0.25) is 0 Å². The Bertz CT molecular complexity index is 1080. The van der Waals surface area contributed by atoms with E-state index < -0.39 is 41.6 Å². The van der Waals surface area contributed by atoms with Gasteiger partial charge >= 0.3 is 6.09 Å². The Balaban J connectivity index is 2.50. The highest BCUT2D eigenvalue weighted by atomic mass is 32.2. The Morgan fingerprint density at radius 3 is 2.32 bits per heavy atom. The van der Waals surface area contributed by atoms with E-state index in [0.717, 1.165) is 5.56 Å². The van der Waals surface area contributed by atoms with Gasteiger partial charge in [0.1, 0.15) is 23.4 Å². The number of nitrogens with zero attached hydrogens (tertiary/aromatic N) is 1. The SMILES string of the molecule is CSCCC(NC(=O)OC(C)(C)C)C(=O)N(C(C)C)C(C(=O)Nc1ccccc1C)c1cccc(O)c1. The van der Waals surface area contributed by atoms with Crippen molar-refractivity contribution in [2.75, 3.05) is 17.3 Å². The van der Waals surface area contributed by atoms with Gasteiger partial charge in [0.2, 0.25) is 5.91 Å². The number of hydrogen-bond donors (Lipinski definition) is 3. The number of carbonyl (C=O) groups is 3. The topological polar surface area (TPSA) is 108 Å². The highest BCUT2D eigenvalue weighted by Crippen LogP contribution is 2.29. The van der Waals surface area contributed by atoms with E-state index in [1.54, 1.807) is 50.7 Å². The molecule has 9 heteroatoms. The average molecular weight is 530 g/mol. The molecule has 2 atom stereocenters. The van der Waals surface area contributed by atoms with E-state index in [0.29, 0.717) is 23.4 Å². The van der Waals surface area contributed by atoms with E-state index in [4.69, 9.17) is 4.74 Å². The smallest absolute Gasteiger partial charge is 0.408 e. The summed E-state index contributed by atoms with van der Waals surface area (Å²) in [5.41, 5.74) is 1.22. The maximum atomic E-state index is 14.0. The maximum Gasteiger partial charge on any atom is 0.408 e. The third kappa shape index (κ3) is 9.00. The van der Waals surface area contributed by atoms with Gasteiger partial charge in [-0.25, -0.2) is 4.79 Å². The normalized spacial score (nSPS) is 13.0. The second-order valence-electron chi connectivity index (χ2n) is 10.1. The fraction of sp³-hybridized carbons (Fsp3) is 0.464. The van der Waals surface area contributed by atoms with Crippen molar-refractivity contribution in [1.29, 1.82) is 0 Å². The number of phenols is 1. The summed E-state index contributed by atoms with van der Waals surface area (Å²) in [6.07, 6.45) is 1.57. The van der Waals surface area contributed by atoms with E-state index in [2.05, 4.69) is 10.6 Å². The van der Waals surface area contributed by atoms with E-state index in [-0.39, 0.29) is 5.75 Å². The monoisotopic (exact) mass is 529 g/mol. The molecule has 0 fully saturated rings. The summed E-state index contributed by atoms with van der Waals surface area (Å²) in [6.45, 7) is 10.8. The third-order valence-electron chi connectivity index (χ3n) is 5.53. The van der Waals surface area contributed by atoms with Gasteiger partial charge in [0, 0.05) is 11.7 Å². The molecule has 2 aromatic rings. The summed E-state index contributed by atoms with van der Waals surface area (Å²) in [5.74, 6) is -0.246. The van der Waals surface area contributed by atoms with Crippen LogP contribution in [0.25, 0.3) is 0 Å². The number of thioether (sulfide) groups is 1. The van der Waals surface area contributed by atoms with Crippen LogP contribution < -0.4 is 10.6 Å². The van der Waals surface area contributed by atoms with Crippen molar-refractivity contribution in [1.82, 2.24) is 10.2 Å². The summed E-state index contributed by atoms with van der Waals surface area (Å²) in [6, 6.07) is 11.3. The predicted octanol–water partition coefficient (Wildman–Crippen LogP) is 5.26. The molecule has 0 aliphatic heterocycles. The highest BCUT2D eigenvalue weighted by molar-refractivity contribution is 7.98. The van der Waals surface area contributed by atoms with Crippen molar-refractivity contribution in [3.8, 4) is 5.75 Å². The van der Waals surface area contributed by atoms with Gasteiger partial charge < -0.3 is 25.4 Å². The fourth-order valence-electron chi connectivity index (χ4n) is 3.85. The molecule has 0 saturated carbocycles. The van der Waals surface area contributed by atoms with Crippen molar-refractivity contribution < 1.29 is 24.2 Å². The number of carbonyl (C=O) groups excluding carboxylic acids is 3. The van der Waals surface area contributed by atoms with Crippen LogP contribution in [0.4, 0.5) is 10.5 Å². The summed E-state index contributed by atoms with van der Waals surface area (Å²) in [4.78, 5) is 41.9. The zero-order chi connectivity index (χ0) is 27.8. The largest absolute Gasteiger partial charge is 0.508 e. The fourth-order valence-corrected chi connectivity index (χ4v) is 4.32. The Hall–Kier alpha value is -3.20. The van der Waals surface area contributed by atoms with E-state index >= 15 is 0 Å². The molecular weight excluding hydrogens is 490 g/mol. The average Bonchev–Trinajstić information content (AvgIpc) is 2.79. The van der Waals surface area contributed by atoms with Crippen molar-refractivity contribution in [3.63, 3.8) is 0 Å². The molecule has 0 aliphatic rings. The molecule has 2 rings (SSSR count). The van der Waals surface area contributed by atoms with Gasteiger partial charge in [0.25, 0.3) is 5.91 Å². The lowest BCUT2D eigenvalue weighted by Crippen LogP contribution is -2.54. The van der Waals surface area contributed by atoms with Gasteiger partial charge in [-0.15, -0.1) is 0 Å². The van der Waals surface area contributed by atoms with Gasteiger partial charge in [-0.2, -0.15) is 11.8 Å². The van der Waals surface area contributed by atoms with Gasteiger partial charge in [0.15, 0.2) is 0 Å². The molecule has 0 aromatic heterocycles. The van der Waals surface area contributed by atoms with Crippen LogP contribution in [0.3, 0.4) is 0 Å². The summed E-state index contributed by atoms with van der Waals surface area (Å²) < 4.78 is 5.40. The molecule has 8 nitrogen and oxygen atoms in total. The minimum atomic E-state index is -1.06. The molecule has 0 aliphatic carbocycles. The number of ether oxygens (including phenoxy) is 1. The molecule has 0 bridgehead atoms. The summed E-state index contributed by atoms with van der Waals surface area (Å²) >= 11 is 1.55. The first kappa shape index (κ1) is 30.0. The minimum absolute atomic E-state index is 0.0202. The first-order valence-corrected chi connectivity index (χ1v) is 13.7. The molecular formula is C28H39N3O5S. The molecule has 0 spiro atoms. The second kappa shape index (κ2) is 13.4. The van der Waals surface area contributed by atoms with E-state index in [9.17, 15) is 19.5 Å². The summed E-state index contributed by atoms with van der Waals surface area (Å²) in [5, 5.41) is 15.8. The molecule has 202 valence electrons. The minimum Gasteiger partial charge on any atom is -0.508 e. The number of hydrogen-bond acceptors (Lipinski definition) is 6. The van der Waals surface area contributed by atoms with Crippen molar-refractivity contribution in [2.24, 2.45) is 0 Å². The van der Waals surface area contributed by atoms with Crippen LogP contribution in [0.15, 0.2) is 48.5 Å². The number of aromatic hydroxyl groups is 1. The van der Waals surface area contributed by atoms with Gasteiger partial charge in [0.05, 0.1) is 0 Å². The first-order valence-electron chi connectivity index (χ1n) is 12.3. The predicted molar refractivity (Wildman–Crippen MR) is 149 cm³/mol. The number of alkyl carbamates (subject to hydrolysis) is 1.